The summed E-state index contributed by atoms with van der Waals surface area (Å²) in [4.78, 5) is 4.38. The smallest absolute Gasteiger partial charge is 0.114 e. The molecule has 0 radical (unpaired) electrons. The number of aromatic nitrogens is 1. The molecule has 3 nitrogen and oxygen atoms in total. The average Bonchev–Trinajstić information content (AvgIpc) is 3.57. The fraction of sp³-hybridized carbons (Fsp3) is 0.567. The Balaban J connectivity index is 1.21. The van der Waals surface area contributed by atoms with E-state index in [0.29, 0.717) is 22.9 Å². The van der Waals surface area contributed by atoms with E-state index in [1.54, 1.807) is 5.57 Å². The van der Waals surface area contributed by atoms with Gasteiger partial charge in [0.1, 0.15) is 12.2 Å². The van der Waals surface area contributed by atoms with Gasteiger partial charge in [0.15, 0.2) is 0 Å². The van der Waals surface area contributed by atoms with Gasteiger partial charge in [-0.05, 0) is 114 Å². The minimum Gasteiger partial charge on any atom is -0.386 e. The molecule has 1 aromatic carbocycles. The molecule has 2 aromatic rings. The van der Waals surface area contributed by atoms with Crippen molar-refractivity contribution in [3.63, 3.8) is 0 Å². The predicted molar refractivity (Wildman–Crippen MR) is 129 cm³/mol. The summed E-state index contributed by atoms with van der Waals surface area (Å²) in [5, 5.41) is 13.7. The fourth-order valence-corrected chi connectivity index (χ4v) is 9.53. The van der Waals surface area contributed by atoms with Crippen LogP contribution in [0.15, 0.2) is 60.0 Å². The zero-order chi connectivity index (χ0) is 22.0. The van der Waals surface area contributed by atoms with Gasteiger partial charge in [0, 0.05) is 17.8 Å². The number of pyridine rings is 1. The Morgan fingerprint density at radius 2 is 1.94 bits per heavy atom. The van der Waals surface area contributed by atoms with Crippen LogP contribution in [-0.2, 0) is 4.74 Å². The Morgan fingerprint density at radius 1 is 1.06 bits per heavy atom. The van der Waals surface area contributed by atoms with Gasteiger partial charge in [-0.2, -0.15) is 0 Å². The van der Waals surface area contributed by atoms with Gasteiger partial charge in [0.2, 0.25) is 0 Å². The number of epoxide rings is 1. The highest BCUT2D eigenvalue weighted by Crippen LogP contribution is 2.72. The van der Waals surface area contributed by atoms with Gasteiger partial charge in [-0.25, -0.2) is 0 Å². The van der Waals surface area contributed by atoms with Crippen LogP contribution in [0.5, 0.6) is 0 Å². The largest absolute Gasteiger partial charge is 0.386 e. The first-order valence-corrected chi connectivity index (χ1v) is 13.1. The first-order chi connectivity index (χ1) is 16.0. The number of benzene rings is 1. The molecule has 2 heterocycles. The quantitative estimate of drug-likeness (QED) is 0.548. The van der Waals surface area contributed by atoms with Gasteiger partial charge in [0.25, 0.3) is 0 Å². The summed E-state index contributed by atoms with van der Waals surface area (Å²) in [7, 11) is 0. The lowest BCUT2D eigenvalue weighted by molar-refractivity contribution is 0.00334. The summed E-state index contributed by atoms with van der Waals surface area (Å²) in [6.45, 7) is 2.60. The van der Waals surface area contributed by atoms with E-state index < -0.39 is 0 Å². The van der Waals surface area contributed by atoms with Gasteiger partial charge < -0.3 is 9.84 Å². The number of allylic oxidation sites excluding steroid dienone is 3. The molecule has 7 aliphatic rings. The van der Waals surface area contributed by atoms with Crippen LogP contribution in [-0.4, -0.2) is 28.4 Å². The Labute approximate surface area is 195 Å². The van der Waals surface area contributed by atoms with Crippen molar-refractivity contribution in [1.29, 1.82) is 0 Å². The molecule has 2 spiro atoms. The molecule has 6 aliphatic carbocycles. The molecule has 9 rings (SSSR count). The van der Waals surface area contributed by atoms with E-state index in [1.165, 1.54) is 60.4 Å². The summed E-state index contributed by atoms with van der Waals surface area (Å²) in [6, 6.07) is 9.22. The molecule has 3 saturated carbocycles. The standard InChI is InChI=1S/C30H33NO2/c1-28-8-6-21-15-23-26(32)27-24(33-27)16-29(23)9-11-30(21,12-10-29)25(28)5-4-22(28)19-3-2-18-7-13-31-17-20(18)14-19/h2-3,6-7,13-15,17,22,24-27,32H,4-5,8-12,16H2,1H3/t22-,24-,25-,26-,27-,28-,29?,30?/m1/s1. The Hall–Kier alpha value is -1.97. The van der Waals surface area contributed by atoms with Crippen molar-refractivity contribution in [2.45, 2.75) is 82.5 Å². The van der Waals surface area contributed by atoms with Gasteiger partial charge in [-0.1, -0.05) is 31.2 Å². The summed E-state index contributed by atoms with van der Waals surface area (Å²) in [6.07, 6.45) is 18.9. The maximum Gasteiger partial charge on any atom is 0.114 e. The minimum absolute atomic E-state index is 0.0719. The number of rotatable bonds is 1. The summed E-state index contributed by atoms with van der Waals surface area (Å²) >= 11 is 0. The lowest BCUT2D eigenvalue weighted by Gasteiger charge is -2.55. The molecule has 1 N–H and O–H groups in total. The number of ether oxygens (including phenoxy) is 1. The van der Waals surface area contributed by atoms with Gasteiger partial charge in [0.05, 0.1) is 6.10 Å². The Bertz CT molecular complexity index is 1230. The van der Waals surface area contributed by atoms with Crippen molar-refractivity contribution in [3.8, 4) is 0 Å². The molecular weight excluding hydrogens is 406 g/mol. The van der Waals surface area contributed by atoms with Crippen LogP contribution >= 0.6 is 0 Å². The van der Waals surface area contributed by atoms with Crippen molar-refractivity contribution < 1.29 is 9.84 Å². The Kier molecular flexibility index (Phi) is 3.62. The zero-order valence-corrected chi connectivity index (χ0v) is 19.5. The van der Waals surface area contributed by atoms with Crippen LogP contribution in [0.25, 0.3) is 10.8 Å². The van der Waals surface area contributed by atoms with Crippen molar-refractivity contribution in [3.05, 3.63) is 65.5 Å². The molecule has 1 saturated heterocycles. The SMILES string of the molecule is C[C@]12CC=C3C=C4[C@@H](O)[C@@H]5O[C@@H]5CC45CCC3(CC5)[C@@H]1CC[C@@H]2c1ccc2ccncc2c1. The van der Waals surface area contributed by atoms with E-state index in [1.807, 2.05) is 12.4 Å². The zero-order valence-electron chi connectivity index (χ0n) is 19.5. The molecule has 3 heteroatoms. The van der Waals surface area contributed by atoms with Crippen LogP contribution in [0.3, 0.4) is 0 Å². The van der Waals surface area contributed by atoms with E-state index >= 15 is 0 Å². The van der Waals surface area contributed by atoms with Crippen LogP contribution in [0.1, 0.15) is 69.8 Å². The third kappa shape index (κ3) is 2.36. The van der Waals surface area contributed by atoms with Crippen LogP contribution in [0, 0.1) is 22.2 Å². The van der Waals surface area contributed by atoms with Crippen LogP contribution in [0.2, 0.25) is 0 Å². The van der Waals surface area contributed by atoms with E-state index in [4.69, 9.17) is 4.74 Å². The second kappa shape index (κ2) is 6.17. The highest BCUT2D eigenvalue weighted by molar-refractivity contribution is 5.82. The first-order valence-electron chi connectivity index (χ1n) is 13.1. The summed E-state index contributed by atoms with van der Waals surface area (Å²) < 4.78 is 5.87. The average molecular weight is 440 g/mol. The number of aliphatic hydroxyl groups excluding tert-OH is 1. The van der Waals surface area contributed by atoms with Crippen molar-refractivity contribution in [2.75, 3.05) is 0 Å². The minimum atomic E-state index is -0.380. The monoisotopic (exact) mass is 439 g/mol. The summed E-state index contributed by atoms with van der Waals surface area (Å²) in [5.74, 6) is 1.34. The number of aliphatic hydroxyl groups is 1. The fourth-order valence-electron chi connectivity index (χ4n) is 9.53. The van der Waals surface area contributed by atoms with Crippen molar-refractivity contribution >= 4 is 10.8 Å². The maximum absolute atomic E-state index is 11.1. The molecule has 1 aromatic heterocycles. The maximum atomic E-state index is 11.1. The molecule has 1 aliphatic heterocycles. The lowest BCUT2D eigenvalue weighted by atomic mass is 9.48. The van der Waals surface area contributed by atoms with E-state index in [2.05, 4.69) is 48.3 Å². The van der Waals surface area contributed by atoms with Crippen LogP contribution in [0.4, 0.5) is 0 Å². The number of hydrogen-bond donors (Lipinski definition) is 1. The Morgan fingerprint density at radius 3 is 2.82 bits per heavy atom. The van der Waals surface area contributed by atoms with E-state index in [0.717, 1.165) is 18.8 Å². The topological polar surface area (TPSA) is 45.6 Å². The molecule has 6 atom stereocenters. The highest BCUT2D eigenvalue weighted by atomic mass is 16.6. The van der Waals surface area contributed by atoms with Crippen molar-refractivity contribution in [2.24, 2.45) is 22.2 Å². The molecular formula is C30H33NO2. The van der Waals surface area contributed by atoms with Gasteiger partial charge in [-0.15, -0.1) is 0 Å². The third-order valence-corrected chi connectivity index (χ3v) is 11.3. The highest BCUT2D eigenvalue weighted by Gasteiger charge is 2.65. The second-order valence-corrected chi connectivity index (χ2v) is 12.4. The van der Waals surface area contributed by atoms with Gasteiger partial charge in [-0.3, -0.25) is 4.98 Å². The molecule has 4 fully saturated rings. The predicted octanol–water partition coefficient (Wildman–Crippen LogP) is 6.08. The normalized spacial score (nSPS) is 47.0. The molecule has 33 heavy (non-hydrogen) atoms. The lowest BCUT2D eigenvalue weighted by Crippen LogP contribution is -2.47. The third-order valence-electron chi connectivity index (χ3n) is 11.3. The molecule has 0 amide bonds. The van der Waals surface area contributed by atoms with Crippen LogP contribution < -0.4 is 0 Å². The summed E-state index contributed by atoms with van der Waals surface area (Å²) in [5.41, 5.74) is 5.21. The number of hydrogen-bond acceptors (Lipinski definition) is 3. The van der Waals surface area contributed by atoms with E-state index in [9.17, 15) is 5.11 Å². The van der Waals surface area contributed by atoms with E-state index in [-0.39, 0.29) is 17.6 Å². The molecule has 170 valence electrons. The number of nitrogens with zero attached hydrogens (tertiary/aromatic N) is 1. The van der Waals surface area contributed by atoms with Crippen molar-refractivity contribution in [1.82, 2.24) is 4.98 Å². The van der Waals surface area contributed by atoms with Gasteiger partial charge >= 0.3 is 0 Å². The second-order valence-electron chi connectivity index (χ2n) is 12.4. The molecule has 0 unspecified atom stereocenters. The molecule has 2 bridgehead atoms. The number of fused-ring (bicyclic) bond motifs is 5. The first kappa shape index (κ1) is 19.3.